The first-order valence-corrected chi connectivity index (χ1v) is 10.8. The van der Waals surface area contributed by atoms with Gasteiger partial charge in [-0.3, -0.25) is 9.59 Å². The topological polar surface area (TPSA) is 88.8 Å². The molecule has 10 heteroatoms. The lowest BCUT2D eigenvalue weighted by Gasteiger charge is -2.35. The summed E-state index contributed by atoms with van der Waals surface area (Å²) in [6.07, 6.45) is 0.550. The number of halogens is 2. The van der Waals surface area contributed by atoms with Crippen LogP contribution in [-0.4, -0.2) is 65.0 Å². The Morgan fingerprint density at radius 3 is 2.45 bits per heavy atom. The number of piperazine rings is 1. The highest BCUT2D eigenvalue weighted by atomic mass is 35.5. The maximum atomic E-state index is 13.2. The summed E-state index contributed by atoms with van der Waals surface area (Å²) in [5.41, 5.74) is 1.04. The zero-order valence-electron chi connectivity index (χ0n) is 18.0. The Hall–Kier alpha value is -3.46. The molecule has 4 rings (SSSR count). The van der Waals surface area contributed by atoms with Gasteiger partial charge in [-0.05, 0) is 42.5 Å². The summed E-state index contributed by atoms with van der Waals surface area (Å²) in [6.45, 7) is 1.57. The van der Waals surface area contributed by atoms with E-state index in [4.69, 9.17) is 20.9 Å². The van der Waals surface area contributed by atoms with Crippen LogP contribution in [0.1, 0.15) is 22.7 Å². The van der Waals surface area contributed by atoms with Gasteiger partial charge in [-0.1, -0.05) is 16.8 Å². The van der Waals surface area contributed by atoms with Crippen LogP contribution < -0.4 is 4.74 Å². The Morgan fingerprint density at radius 1 is 1.09 bits per heavy atom. The van der Waals surface area contributed by atoms with Crippen LogP contribution in [0.15, 0.2) is 47.0 Å². The van der Waals surface area contributed by atoms with Crippen molar-refractivity contribution in [3.05, 3.63) is 64.8 Å². The molecule has 1 fully saturated rings. The summed E-state index contributed by atoms with van der Waals surface area (Å²) in [6, 6.07) is 11.0. The van der Waals surface area contributed by atoms with Crippen LogP contribution in [0.2, 0.25) is 5.02 Å². The lowest BCUT2D eigenvalue weighted by atomic mass is 10.1. The van der Waals surface area contributed by atoms with Crippen LogP contribution in [0, 0.1) is 5.82 Å². The van der Waals surface area contributed by atoms with Crippen molar-refractivity contribution in [1.29, 1.82) is 0 Å². The highest BCUT2D eigenvalue weighted by Crippen LogP contribution is 2.21. The Labute approximate surface area is 194 Å². The lowest BCUT2D eigenvalue weighted by Crippen LogP contribution is -2.50. The number of carbonyl (C=O) groups excluding carboxylic acids is 2. The molecule has 0 atom stereocenters. The van der Waals surface area contributed by atoms with Gasteiger partial charge in [0.15, 0.2) is 0 Å². The van der Waals surface area contributed by atoms with E-state index in [2.05, 4.69) is 10.1 Å². The quantitative estimate of drug-likeness (QED) is 0.546. The van der Waals surface area contributed by atoms with Crippen molar-refractivity contribution in [1.82, 2.24) is 19.9 Å². The van der Waals surface area contributed by atoms with Crippen LogP contribution in [-0.2, 0) is 11.2 Å². The van der Waals surface area contributed by atoms with Gasteiger partial charge in [-0.15, -0.1) is 0 Å². The van der Waals surface area contributed by atoms with Crippen LogP contribution in [0.3, 0.4) is 0 Å². The van der Waals surface area contributed by atoms with Gasteiger partial charge in [0, 0.05) is 44.6 Å². The number of carbonyl (C=O) groups is 2. The standard InChI is InChI=1S/C23H22ClFN4O4/c1-32-17-5-2-15(3-6-17)22-26-20(33-27-22)8-9-21(30)28-10-12-29(13-11-28)23(31)18-7-4-16(25)14-19(18)24/h2-7,14H,8-13H2,1H3. The molecule has 2 aromatic carbocycles. The molecule has 3 aromatic rings. The number of rotatable bonds is 6. The molecule has 1 aliphatic heterocycles. The van der Waals surface area contributed by atoms with Crippen molar-refractivity contribution in [3.63, 3.8) is 0 Å². The van der Waals surface area contributed by atoms with Crippen LogP contribution in [0.25, 0.3) is 11.4 Å². The fraction of sp³-hybridized carbons (Fsp3) is 0.304. The van der Waals surface area contributed by atoms with Crippen LogP contribution >= 0.6 is 11.6 Å². The monoisotopic (exact) mass is 472 g/mol. The van der Waals surface area contributed by atoms with Crippen molar-refractivity contribution in [2.45, 2.75) is 12.8 Å². The molecule has 0 radical (unpaired) electrons. The highest BCUT2D eigenvalue weighted by molar-refractivity contribution is 6.33. The van der Waals surface area contributed by atoms with Gasteiger partial charge in [0.05, 0.1) is 17.7 Å². The van der Waals surface area contributed by atoms with Gasteiger partial charge in [-0.2, -0.15) is 4.98 Å². The first-order chi connectivity index (χ1) is 15.9. The zero-order valence-corrected chi connectivity index (χ0v) is 18.7. The number of benzene rings is 2. The fourth-order valence-electron chi connectivity index (χ4n) is 3.58. The average Bonchev–Trinajstić information content (AvgIpc) is 3.31. The molecule has 1 saturated heterocycles. The molecule has 2 amide bonds. The number of amides is 2. The maximum Gasteiger partial charge on any atom is 0.255 e. The molecule has 0 aliphatic carbocycles. The molecule has 2 heterocycles. The first kappa shape index (κ1) is 22.7. The van der Waals surface area contributed by atoms with Gasteiger partial charge >= 0.3 is 0 Å². The normalized spacial score (nSPS) is 13.8. The minimum absolute atomic E-state index is 0.0499. The molecule has 0 N–H and O–H groups in total. The molecule has 33 heavy (non-hydrogen) atoms. The van der Waals surface area contributed by atoms with E-state index < -0.39 is 5.82 Å². The maximum absolute atomic E-state index is 13.2. The summed E-state index contributed by atoms with van der Waals surface area (Å²) in [7, 11) is 1.59. The number of aromatic nitrogens is 2. The minimum Gasteiger partial charge on any atom is -0.497 e. The number of hydrogen-bond donors (Lipinski definition) is 0. The van der Waals surface area contributed by atoms with E-state index in [-0.39, 0.29) is 28.8 Å². The summed E-state index contributed by atoms with van der Waals surface area (Å²) >= 11 is 6.00. The van der Waals surface area contributed by atoms with E-state index in [0.29, 0.717) is 44.3 Å². The molecule has 0 saturated carbocycles. The third-order valence-corrected chi connectivity index (χ3v) is 5.76. The predicted octanol–water partition coefficient (Wildman–Crippen LogP) is 3.45. The molecule has 172 valence electrons. The van der Waals surface area contributed by atoms with Crippen molar-refractivity contribution in [3.8, 4) is 17.1 Å². The van der Waals surface area contributed by atoms with E-state index in [9.17, 15) is 14.0 Å². The molecule has 8 nitrogen and oxygen atoms in total. The van der Waals surface area contributed by atoms with E-state index >= 15 is 0 Å². The summed E-state index contributed by atoms with van der Waals surface area (Å²) in [5.74, 6) is 0.746. The third-order valence-electron chi connectivity index (χ3n) is 5.45. The number of methoxy groups -OCH3 is 1. The molecular formula is C23H22ClFN4O4. The number of aryl methyl sites for hydroxylation is 1. The van der Waals surface area contributed by atoms with E-state index in [0.717, 1.165) is 17.4 Å². The summed E-state index contributed by atoms with van der Waals surface area (Å²) < 4.78 is 23.6. The number of ether oxygens (including phenoxy) is 1. The molecule has 0 unspecified atom stereocenters. The van der Waals surface area contributed by atoms with Crippen molar-refractivity contribution in [2.75, 3.05) is 33.3 Å². The van der Waals surface area contributed by atoms with E-state index in [1.807, 2.05) is 24.3 Å². The Morgan fingerprint density at radius 2 is 1.79 bits per heavy atom. The van der Waals surface area contributed by atoms with Gasteiger partial charge < -0.3 is 19.1 Å². The third kappa shape index (κ3) is 5.31. The largest absolute Gasteiger partial charge is 0.497 e. The van der Waals surface area contributed by atoms with Crippen molar-refractivity contribution < 1.29 is 23.2 Å². The Balaban J connectivity index is 1.27. The smallest absolute Gasteiger partial charge is 0.255 e. The Kier molecular flexibility index (Phi) is 6.88. The highest BCUT2D eigenvalue weighted by Gasteiger charge is 2.26. The summed E-state index contributed by atoms with van der Waals surface area (Å²) in [5, 5.41) is 4.05. The molecule has 1 aromatic heterocycles. The first-order valence-electron chi connectivity index (χ1n) is 10.4. The van der Waals surface area contributed by atoms with Gasteiger partial charge in [0.1, 0.15) is 11.6 Å². The minimum atomic E-state index is -0.496. The second kappa shape index (κ2) is 9.99. The lowest BCUT2D eigenvalue weighted by molar-refractivity contribution is -0.132. The molecule has 0 bridgehead atoms. The summed E-state index contributed by atoms with van der Waals surface area (Å²) in [4.78, 5) is 32.9. The fourth-order valence-corrected chi connectivity index (χ4v) is 3.83. The van der Waals surface area contributed by atoms with Gasteiger partial charge in [0.2, 0.25) is 17.6 Å². The van der Waals surface area contributed by atoms with E-state index in [1.165, 1.54) is 12.1 Å². The number of nitrogens with zero attached hydrogens (tertiary/aromatic N) is 4. The predicted molar refractivity (Wildman–Crippen MR) is 119 cm³/mol. The SMILES string of the molecule is COc1ccc(-c2noc(CCC(=O)N3CCN(C(=O)c4ccc(F)cc4Cl)CC3)n2)cc1. The molecular weight excluding hydrogens is 451 g/mol. The second-order valence-electron chi connectivity index (χ2n) is 7.54. The Bertz CT molecular complexity index is 1140. The molecule has 0 spiro atoms. The zero-order chi connectivity index (χ0) is 23.4. The number of hydrogen-bond acceptors (Lipinski definition) is 6. The van der Waals surface area contributed by atoms with Crippen molar-refractivity contribution >= 4 is 23.4 Å². The average molecular weight is 473 g/mol. The van der Waals surface area contributed by atoms with Gasteiger partial charge in [-0.25, -0.2) is 4.39 Å². The van der Waals surface area contributed by atoms with E-state index in [1.54, 1.807) is 16.9 Å². The second-order valence-corrected chi connectivity index (χ2v) is 7.94. The van der Waals surface area contributed by atoms with Crippen LogP contribution in [0.5, 0.6) is 5.75 Å². The van der Waals surface area contributed by atoms with Gasteiger partial charge in [0.25, 0.3) is 5.91 Å². The molecule has 1 aliphatic rings. The van der Waals surface area contributed by atoms with Crippen molar-refractivity contribution in [2.24, 2.45) is 0 Å². The van der Waals surface area contributed by atoms with Crippen LogP contribution in [0.4, 0.5) is 4.39 Å².